The summed E-state index contributed by atoms with van der Waals surface area (Å²) in [6.07, 6.45) is 5.57. The highest BCUT2D eigenvalue weighted by Gasteiger charge is 2.35. The van der Waals surface area contributed by atoms with Gasteiger partial charge >= 0.3 is 5.97 Å². The van der Waals surface area contributed by atoms with E-state index in [0.717, 1.165) is 43.7 Å². The molecular weight excluding hydrogens is 410 g/mol. The van der Waals surface area contributed by atoms with Gasteiger partial charge in [-0.15, -0.1) is 0 Å². The Balaban J connectivity index is 3.14. The zero-order valence-electron chi connectivity index (χ0n) is 17.6. The molecule has 0 spiro atoms. The van der Waals surface area contributed by atoms with Gasteiger partial charge in [-0.05, 0) is 58.4 Å². The number of piperidine rings is 1. The van der Waals surface area contributed by atoms with Crippen LogP contribution >= 0.6 is 15.9 Å². The van der Waals surface area contributed by atoms with E-state index in [9.17, 15) is 4.79 Å². The van der Waals surface area contributed by atoms with Crippen molar-refractivity contribution in [3.8, 4) is 0 Å². The van der Waals surface area contributed by atoms with Crippen LogP contribution in [0.15, 0.2) is 24.1 Å². The number of ether oxygens (including phenoxy) is 3. The van der Waals surface area contributed by atoms with Gasteiger partial charge in [-0.25, -0.2) is 4.79 Å². The van der Waals surface area contributed by atoms with Gasteiger partial charge in [0.15, 0.2) is 0 Å². The molecule has 1 heterocycles. The fraction of sp³-hybridized carbons (Fsp3) is 0.762. The van der Waals surface area contributed by atoms with Crippen LogP contribution in [0.2, 0.25) is 0 Å². The molecule has 0 bridgehead atoms. The predicted octanol–water partition coefficient (Wildman–Crippen LogP) is 5.01. The molecule has 0 radical (unpaired) electrons. The van der Waals surface area contributed by atoms with Crippen LogP contribution in [0.25, 0.3) is 0 Å². The Morgan fingerprint density at radius 2 is 2.04 bits per heavy atom. The smallest absolute Gasteiger partial charge is 0.329 e. The Bertz CT molecular complexity index is 513. The van der Waals surface area contributed by atoms with Crippen LogP contribution in [0, 0.1) is 5.92 Å². The minimum absolute atomic E-state index is 0.158. The van der Waals surface area contributed by atoms with E-state index in [-0.39, 0.29) is 17.9 Å². The van der Waals surface area contributed by atoms with E-state index in [1.165, 1.54) is 0 Å². The first kappa shape index (κ1) is 24.0. The van der Waals surface area contributed by atoms with E-state index in [0.29, 0.717) is 18.7 Å². The van der Waals surface area contributed by atoms with Crippen molar-refractivity contribution in [2.45, 2.75) is 71.9 Å². The summed E-state index contributed by atoms with van der Waals surface area (Å²) in [5.74, 6) is 0.824. The number of allylic oxidation sites excluding steroid dienone is 2. The molecule has 1 fully saturated rings. The van der Waals surface area contributed by atoms with Gasteiger partial charge in [-0.2, -0.15) is 0 Å². The van der Waals surface area contributed by atoms with Gasteiger partial charge in [-0.3, -0.25) is 0 Å². The topological polar surface area (TPSA) is 48.0 Å². The first-order chi connectivity index (χ1) is 12.7. The number of esters is 1. The summed E-state index contributed by atoms with van der Waals surface area (Å²) in [5.41, 5.74) is 1.03. The van der Waals surface area contributed by atoms with Gasteiger partial charge in [0.05, 0.1) is 12.3 Å². The highest BCUT2D eigenvalue weighted by Crippen LogP contribution is 2.31. The van der Waals surface area contributed by atoms with Crippen LogP contribution in [0.4, 0.5) is 0 Å². The molecule has 1 rings (SSSR count). The molecule has 0 saturated carbocycles. The minimum atomic E-state index is -0.495. The first-order valence-electron chi connectivity index (χ1n) is 9.87. The minimum Gasteiger partial charge on any atom is -0.489 e. The van der Waals surface area contributed by atoms with Crippen LogP contribution in [0.3, 0.4) is 0 Å². The molecular formula is C21H36BrNO4. The zero-order chi connectivity index (χ0) is 20.4. The third kappa shape index (κ3) is 7.86. The van der Waals surface area contributed by atoms with E-state index in [4.69, 9.17) is 14.2 Å². The van der Waals surface area contributed by atoms with E-state index < -0.39 is 5.60 Å². The van der Waals surface area contributed by atoms with Crippen LogP contribution in [0.1, 0.15) is 60.3 Å². The maximum atomic E-state index is 12.9. The summed E-state index contributed by atoms with van der Waals surface area (Å²) in [5, 5.41) is 0. The third-order valence-electron chi connectivity index (χ3n) is 4.57. The summed E-state index contributed by atoms with van der Waals surface area (Å²) in [7, 11) is 0. The normalized spacial score (nSPS) is 19.9. The van der Waals surface area contributed by atoms with Crippen LogP contribution in [-0.2, 0) is 19.0 Å². The number of rotatable bonds is 10. The second-order valence-corrected chi connectivity index (χ2v) is 8.33. The van der Waals surface area contributed by atoms with E-state index >= 15 is 0 Å². The number of hydrogen-bond acceptors (Lipinski definition) is 5. The largest absolute Gasteiger partial charge is 0.489 e. The summed E-state index contributed by atoms with van der Waals surface area (Å²) >= 11 is 3.24. The number of carbonyl (C=O) groups is 1. The molecule has 0 aromatic rings. The van der Waals surface area contributed by atoms with Crippen molar-refractivity contribution < 1.29 is 19.0 Å². The number of halogens is 1. The molecule has 0 N–H and O–H groups in total. The van der Waals surface area contributed by atoms with Crippen molar-refractivity contribution in [2.24, 2.45) is 5.92 Å². The predicted molar refractivity (Wildman–Crippen MR) is 113 cm³/mol. The molecule has 0 unspecified atom stereocenters. The maximum Gasteiger partial charge on any atom is 0.329 e. The second kappa shape index (κ2) is 11.7. The van der Waals surface area contributed by atoms with Crippen molar-refractivity contribution in [3.63, 3.8) is 0 Å². The van der Waals surface area contributed by atoms with Crippen molar-refractivity contribution in [1.82, 2.24) is 4.90 Å². The lowest BCUT2D eigenvalue weighted by Crippen LogP contribution is -2.48. The third-order valence-corrected chi connectivity index (χ3v) is 4.89. The summed E-state index contributed by atoms with van der Waals surface area (Å²) in [6, 6.07) is -0.278. The molecule has 0 aromatic heterocycles. The summed E-state index contributed by atoms with van der Waals surface area (Å²) in [6.45, 7) is 15.7. The van der Waals surface area contributed by atoms with E-state index in [1.54, 1.807) is 6.08 Å². The number of likely N-dealkylation sites (tertiary alicyclic amines) is 1. The Hall–Kier alpha value is -1.01. The van der Waals surface area contributed by atoms with E-state index in [2.05, 4.69) is 41.3 Å². The average molecular weight is 446 g/mol. The molecule has 1 aliphatic rings. The molecule has 0 aliphatic carbocycles. The number of nitrogens with zero attached hydrogens (tertiary/aromatic N) is 1. The van der Waals surface area contributed by atoms with Crippen molar-refractivity contribution in [2.75, 3.05) is 25.3 Å². The Morgan fingerprint density at radius 1 is 1.33 bits per heavy atom. The quantitative estimate of drug-likeness (QED) is 0.155. The molecule has 1 saturated heterocycles. The van der Waals surface area contributed by atoms with Gasteiger partial charge in [0.2, 0.25) is 0 Å². The average Bonchev–Trinajstić information content (AvgIpc) is 2.62. The molecule has 27 heavy (non-hydrogen) atoms. The Labute approximate surface area is 173 Å². The van der Waals surface area contributed by atoms with Crippen molar-refractivity contribution >= 4 is 21.9 Å². The summed E-state index contributed by atoms with van der Waals surface area (Å²) < 4.78 is 17.0. The number of hydrogen-bond donors (Lipinski definition) is 0. The molecule has 2 atom stereocenters. The van der Waals surface area contributed by atoms with Gasteiger partial charge in [0.1, 0.15) is 29.5 Å². The zero-order valence-corrected chi connectivity index (χ0v) is 19.1. The van der Waals surface area contributed by atoms with Gasteiger partial charge in [0, 0.05) is 6.54 Å². The molecule has 1 aliphatic heterocycles. The fourth-order valence-corrected chi connectivity index (χ4v) is 3.43. The van der Waals surface area contributed by atoms with Gasteiger partial charge < -0.3 is 19.1 Å². The lowest BCUT2D eigenvalue weighted by atomic mass is 9.95. The molecule has 6 heteroatoms. The number of carbonyl (C=O) groups excluding carboxylic acids is 1. The lowest BCUT2D eigenvalue weighted by Gasteiger charge is -2.41. The van der Waals surface area contributed by atoms with E-state index in [1.807, 2.05) is 20.8 Å². The number of alkyl halides is 1. The van der Waals surface area contributed by atoms with Crippen LogP contribution in [-0.4, -0.2) is 47.8 Å². The van der Waals surface area contributed by atoms with Crippen LogP contribution in [0.5, 0.6) is 0 Å². The lowest BCUT2D eigenvalue weighted by molar-refractivity contribution is -0.162. The molecule has 156 valence electrons. The van der Waals surface area contributed by atoms with Crippen molar-refractivity contribution in [1.29, 1.82) is 0 Å². The SMILES string of the molecule is C=CC(OCCOCBr)=C([C@H](C)CC)N1CCCC[C@H]1C(=O)OC(C)(C)C. The standard InChI is InChI=1S/C21H36BrNO4/c1-7-16(3)19(18(8-2)26-14-13-25-15-22)23-12-10-9-11-17(23)20(24)27-21(4,5)6/h8,16-17H,2,7,9-15H2,1,3-6H3/t16-,17+/m1/s1. The highest BCUT2D eigenvalue weighted by molar-refractivity contribution is 9.09. The van der Waals surface area contributed by atoms with Crippen molar-refractivity contribution in [3.05, 3.63) is 24.1 Å². The molecule has 0 amide bonds. The highest BCUT2D eigenvalue weighted by atomic mass is 79.9. The molecule has 5 nitrogen and oxygen atoms in total. The fourth-order valence-electron chi connectivity index (χ4n) is 3.20. The van der Waals surface area contributed by atoms with Crippen LogP contribution < -0.4 is 0 Å². The van der Waals surface area contributed by atoms with Gasteiger partial charge in [0.25, 0.3) is 0 Å². The summed E-state index contributed by atoms with van der Waals surface area (Å²) in [4.78, 5) is 15.1. The van der Waals surface area contributed by atoms with Gasteiger partial charge in [-0.1, -0.05) is 36.4 Å². The Morgan fingerprint density at radius 3 is 2.59 bits per heavy atom. The second-order valence-electron chi connectivity index (χ2n) is 7.87. The molecule has 0 aromatic carbocycles. The monoisotopic (exact) mass is 445 g/mol. The maximum absolute atomic E-state index is 12.9. The Kier molecular flexibility index (Phi) is 10.5. The first-order valence-corrected chi connectivity index (χ1v) is 11.0.